The Hall–Kier alpha value is -1.38. The van der Waals surface area contributed by atoms with Crippen LogP contribution in [-0.4, -0.2) is 16.9 Å². The fraction of sp³-hybridized carbons (Fsp3) is 0.143. The number of hydrogen-bond donors (Lipinski definition) is 1. The van der Waals surface area contributed by atoms with E-state index in [2.05, 4.69) is 0 Å². The van der Waals surface area contributed by atoms with E-state index in [-0.39, 0.29) is 11.4 Å². The predicted molar refractivity (Wildman–Crippen MR) is 34.5 cm³/mol. The molecule has 1 aliphatic carbocycles. The molecule has 52 valence electrons. The van der Waals surface area contributed by atoms with Gasteiger partial charge in [0.2, 0.25) is 0 Å². The molecular weight excluding hydrogens is 132 g/mol. The lowest BCUT2D eigenvalue weighted by molar-refractivity contribution is -0.131. The summed E-state index contributed by atoms with van der Waals surface area (Å²) >= 11 is 0. The minimum atomic E-state index is -1.07. The molecule has 0 amide bonds. The summed E-state index contributed by atoms with van der Waals surface area (Å²) in [5.74, 6) is -1.20. The molecule has 0 atom stereocenters. The minimum absolute atomic E-state index is 0.123. The van der Waals surface area contributed by atoms with Crippen molar-refractivity contribution in [3.05, 3.63) is 23.8 Å². The molecule has 1 aliphatic rings. The van der Waals surface area contributed by atoms with Crippen LogP contribution in [0.3, 0.4) is 0 Å². The summed E-state index contributed by atoms with van der Waals surface area (Å²) in [7, 11) is 0. The molecule has 3 nitrogen and oxygen atoms in total. The molecule has 0 radical (unpaired) electrons. The lowest BCUT2D eigenvalue weighted by Crippen LogP contribution is -1.96. The van der Waals surface area contributed by atoms with Gasteiger partial charge in [-0.1, -0.05) is 12.2 Å². The Balaban J connectivity index is 2.82. The quantitative estimate of drug-likeness (QED) is 0.537. The molecule has 1 rings (SSSR count). The lowest BCUT2D eigenvalue weighted by atomic mass is 10.2. The molecule has 3 heteroatoms. The van der Waals surface area contributed by atoms with Gasteiger partial charge in [0, 0.05) is 18.1 Å². The molecule has 0 aromatic heterocycles. The highest BCUT2D eigenvalue weighted by Crippen LogP contribution is 2.10. The van der Waals surface area contributed by atoms with Crippen LogP contribution in [0.5, 0.6) is 0 Å². The van der Waals surface area contributed by atoms with Crippen molar-refractivity contribution >= 4 is 11.8 Å². The van der Waals surface area contributed by atoms with Crippen molar-refractivity contribution in [2.24, 2.45) is 0 Å². The zero-order valence-electron chi connectivity index (χ0n) is 5.20. The average molecular weight is 138 g/mol. The van der Waals surface area contributed by atoms with Crippen LogP contribution >= 0.6 is 0 Å². The van der Waals surface area contributed by atoms with Crippen LogP contribution in [0, 0.1) is 0 Å². The number of aliphatic carboxylic acids is 1. The van der Waals surface area contributed by atoms with Gasteiger partial charge in [-0.05, 0) is 0 Å². The zero-order chi connectivity index (χ0) is 7.56. The van der Waals surface area contributed by atoms with Gasteiger partial charge < -0.3 is 5.11 Å². The standard InChI is InChI=1S/C7H6O3/c8-6-3-1-2-5(6)4-7(9)10/h1-2,4H,3H2,(H,9,10). The van der Waals surface area contributed by atoms with Crippen LogP contribution in [0.25, 0.3) is 0 Å². The molecule has 0 unspecified atom stereocenters. The van der Waals surface area contributed by atoms with Gasteiger partial charge in [0.05, 0.1) is 0 Å². The van der Waals surface area contributed by atoms with Gasteiger partial charge in [-0.25, -0.2) is 4.79 Å². The van der Waals surface area contributed by atoms with Crippen LogP contribution in [0.4, 0.5) is 0 Å². The lowest BCUT2D eigenvalue weighted by Gasteiger charge is -1.86. The highest BCUT2D eigenvalue weighted by molar-refractivity contribution is 6.05. The Morgan fingerprint density at radius 1 is 1.70 bits per heavy atom. The Morgan fingerprint density at radius 2 is 2.40 bits per heavy atom. The molecular formula is C7H6O3. The Labute approximate surface area is 57.7 Å². The maximum atomic E-state index is 10.7. The number of rotatable bonds is 1. The number of hydrogen-bond acceptors (Lipinski definition) is 2. The van der Waals surface area contributed by atoms with Crippen molar-refractivity contribution in [2.45, 2.75) is 6.42 Å². The van der Waals surface area contributed by atoms with Crippen LogP contribution < -0.4 is 0 Å². The van der Waals surface area contributed by atoms with Crippen molar-refractivity contribution in [3.8, 4) is 0 Å². The van der Waals surface area contributed by atoms with Gasteiger partial charge in [0.25, 0.3) is 0 Å². The van der Waals surface area contributed by atoms with Crippen molar-refractivity contribution in [1.29, 1.82) is 0 Å². The van der Waals surface area contributed by atoms with E-state index >= 15 is 0 Å². The average Bonchev–Trinajstić information content (AvgIpc) is 2.15. The summed E-state index contributed by atoms with van der Waals surface area (Å²) < 4.78 is 0. The number of carboxylic acids is 1. The van der Waals surface area contributed by atoms with E-state index in [9.17, 15) is 9.59 Å². The highest BCUT2D eigenvalue weighted by atomic mass is 16.4. The first kappa shape index (κ1) is 6.74. The fourth-order valence-electron chi connectivity index (χ4n) is 0.765. The molecule has 0 saturated heterocycles. The van der Waals surface area contributed by atoms with Gasteiger partial charge >= 0.3 is 5.97 Å². The minimum Gasteiger partial charge on any atom is -0.478 e. The first-order valence-corrected chi connectivity index (χ1v) is 2.84. The summed E-state index contributed by atoms with van der Waals surface area (Å²) in [5.41, 5.74) is 0.285. The number of allylic oxidation sites excluding steroid dienone is 3. The number of carbonyl (C=O) groups is 2. The number of carboxylic acid groups (broad SMARTS) is 1. The summed E-state index contributed by atoms with van der Waals surface area (Å²) in [4.78, 5) is 20.8. The van der Waals surface area contributed by atoms with Crippen LogP contribution in [0.15, 0.2) is 23.8 Å². The van der Waals surface area contributed by atoms with Gasteiger partial charge in [0.1, 0.15) is 0 Å². The monoisotopic (exact) mass is 138 g/mol. The van der Waals surface area contributed by atoms with E-state index in [1.165, 1.54) is 6.08 Å². The predicted octanol–water partition coefficient (Wildman–Crippen LogP) is 0.526. The van der Waals surface area contributed by atoms with E-state index in [0.29, 0.717) is 6.42 Å². The van der Waals surface area contributed by atoms with Gasteiger partial charge in [-0.3, -0.25) is 4.79 Å². The first-order chi connectivity index (χ1) is 4.70. The van der Waals surface area contributed by atoms with Crippen molar-refractivity contribution in [3.63, 3.8) is 0 Å². The maximum absolute atomic E-state index is 10.7. The third-order valence-corrected chi connectivity index (χ3v) is 1.20. The molecule has 0 heterocycles. The molecule has 10 heavy (non-hydrogen) atoms. The van der Waals surface area contributed by atoms with Crippen molar-refractivity contribution in [2.75, 3.05) is 0 Å². The van der Waals surface area contributed by atoms with Crippen LogP contribution in [0.2, 0.25) is 0 Å². The molecule has 1 N–H and O–H groups in total. The molecule has 0 spiro atoms. The molecule has 0 bridgehead atoms. The van der Waals surface area contributed by atoms with Gasteiger partial charge in [0.15, 0.2) is 5.78 Å². The molecule has 0 aromatic rings. The third-order valence-electron chi connectivity index (χ3n) is 1.20. The van der Waals surface area contributed by atoms with Gasteiger partial charge in [-0.15, -0.1) is 0 Å². The van der Waals surface area contributed by atoms with E-state index in [0.717, 1.165) is 6.08 Å². The number of ketones is 1. The summed E-state index contributed by atoms with van der Waals surface area (Å²) in [5, 5.41) is 8.23. The SMILES string of the molecule is O=C(O)C=C1C=CCC1=O. The second-order valence-electron chi connectivity index (χ2n) is 1.97. The highest BCUT2D eigenvalue weighted by Gasteiger charge is 2.11. The number of Topliss-reactive ketones (excluding diaryl/α,β-unsaturated/α-hetero) is 1. The summed E-state index contributed by atoms with van der Waals surface area (Å²) in [6.07, 6.45) is 4.43. The maximum Gasteiger partial charge on any atom is 0.329 e. The van der Waals surface area contributed by atoms with E-state index in [1.807, 2.05) is 0 Å². The third kappa shape index (κ3) is 1.31. The topological polar surface area (TPSA) is 54.4 Å². The number of carbonyl (C=O) groups excluding carboxylic acids is 1. The largest absolute Gasteiger partial charge is 0.478 e. The van der Waals surface area contributed by atoms with Gasteiger partial charge in [-0.2, -0.15) is 0 Å². The second kappa shape index (κ2) is 2.47. The molecule has 0 aliphatic heterocycles. The van der Waals surface area contributed by atoms with Crippen molar-refractivity contribution in [1.82, 2.24) is 0 Å². The molecule has 0 saturated carbocycles. The van der Waals surface area contributed by atoms with Crippen LogP contribution in [-0.2, 0) is 9.59 Å². The Morgan fingerprint density at radius 3 is 2.80 bits per heavy atom. The van der Waals surface area contributed by atoms with Crippen molar-refractivity contribution < 1.29 is 14.7 Å². The Bertz CT molecular complexity index is 235. The normalized spacial score (nSPS) is 20.4. The second-order valence-corrected chi connectivity index (χ2v) is 1.97. The zero-order valence-corrected chi connectivity index (χ0v) is 5.20. The van der Waals surface area contributed by atoms with E-state index in [1.54, 1.807) is 6.08 Å². The molecule has 0 fully saturated rings. The van der Waals surface area contributed by atoms with E-state index in [4.69, 9.17) is 5.11 Å². The fourth-order valence-corrected chi connectivity index (χ4v) is 0.765. The Kier molecular flexibility index (Phi) is 1.67. The van der Waals surface area contributed by atoms with E-state index < -0.39 is 5.97 Å². The molecule has 0 aromatic carbocycles. The smallest absolute Gasteiger partial charge is 0.329 e. The summed E-state index contributed by atoms with van der Waals surface area (Å²) in [6.45, 7) is 0. The first-order valence-electron chi connectivity index (χ1n) is 2.84. The van der Waals surface area contributed by atoms with Crippen LogP contribution in [0.1, 0.15) is 6.42 Å². The summed E-state index contributed by atoms with van der Waals surface area (Å²) in [6, 6.07) is 0.